The molecule has 0 saturated carbocycles. The molecule has 0 fully saturated rings. The first-order chi connectivity index (χ1) is 14.6. The Morgan fingerprint density at radius 1 is 1.03 bits per heavy atom. The minimum absolute atomic E-state index is 0.0423. The highest BCUT2D eigenvalue weighted by atomic mass is 16.1. The van der Waals surface area contributed by atoms with E-state index in [0.717, 1.165) is 39.9 Å². The molecule has 150 valence electrons. The molecule has 0 aliphatic rings. The maximum Gasteiger partial charge on any atom is 0.185 e. The molecule has 30 heavy (non-hydrogen) atoms. The molecule has 0 saturated heterocycles. The highest BCUT2D eigenvalue weighted by Crippen LogP contribution is 2.25. The van der Waals surface area contributed by atoms with Crippen molar-refractivity contribution in [1.82, 2.24) is 28.9 Å². The minimum atomic E-state index is 0.0423. The van der Waals surface area contributed by atoms with Gasteiger partial charge in [-0.05, 0) is 36.2 Å². The summed E-state index contributed by atoms with van der Waals surface area (Å²) in [6.45, 7) is 2.69. The Morgan fingerprint density at radius 2 is 1.93 bits per heavy atom. The van der Waals surface area contributed by atoms with Crippen LogP contribution in [-0.4, -0.2) is 34.7 Å². The highest BCUT2D eigenvalue weighted by Gasteiger charge is 2.18. The summed E-state index contributed by atoms with van der Waals surface area (Å²) >= 11 is 0. The molecule has 7 heteroatoms. The summed E-state index contributed by atoms with van der Waals surface area (Å²) < 4.78 is 5.62. The van der Waals surface area contributed by atoms with Crippen LogP contribution < -0.4 is 0 Å². The van der Waals surface area contributed by atoms with Crippen molar-refractivity contribution in [2.45, 2.75) is 26.3 Å². The third kappa shape index (κ3) is 3.08. The number of imidazole rings is 1. The molecule has 0 amide bonds. The molecule has 0 bridgehead atoms. The SMILES string of the molecule is CCc1nn(Cc2ccn(C)n2)c2cccc(CC(=O)c3cnc4ccccn34)c12. The summed E-state index contributed by atoms with van der Waals surface area (Å²) in [5.74, 6) is 0.0423. The Labute approximate surface area is 173 Å². The van der Waals surface area contributed by atoms with Crippen molar-refractivity contribution in [3.63, 3.8) is 0 Å². The number of aromatic nitrogens is 6. The van der Waals surface area contributed by atoms with Gasteiger partial charge in [0.2, 0.25) is 0 Å². The van der Waals surface area contributed by atoms with Gasteiger partial charge in [0, 0.05) is 31.2 Å². The van der Waals surface area contributed by atoms with E-state index < -0.39 is 0 Å². The lowest BCUT2D eigenvalue weighted by molar-refractivity contribution is 0.0987. The normalized spacial score (nSPS) is 11.5. The molecule has 1 aromatic carbocycles. The van der Waals surface area contributed by atoms with E-state index in [-0.39, 0.29) is 5.78 Å². The Balaban J connectivity index is 1.53. The fourth-order valence-corrected chi connectivity index (χ4v) is 4.00. The lowest BCUT2D eigenvalue weighted by atomic mass is 10.0. The van der Waals surface area contributed by atoms with Gasteiger partial charge in [0.15, 0.2) is 5.78 Å². The van der Waals surface area contributed by atoms with Crippen LogP contribution >= 0.6 is 0 Å². The largest absolute Gasteiger partial charge is 0.297 e. The molecule has 5 aromatic rings. The molecular formula is C23H22N6O. The number of hydrogen-bond acceptors (Lipinski definition) is 4. The molecular weight excluding hydrogens is 376 g/mol. The molecule has 0 aliphatic heterocycles. The zero-order valence-electron chi connectivity index (χ0n) is 17.0. The van der Waals surface area contributed by atoms with Gasteiger partial charge in [-0.2, -0.15) is 10.2 Å². The van der Waals surface area contributed by atoms with Crippen LogP contribution in [-0.2, 0) is 26.4 Å². The molecule has 0 radical (unpaired) electrons. The van der Waals surface area contributed by atoms with Crippen LogP contribution in [0.15, 0.2) is 61.1 Å². The molecule has 0 unspecified atom stereocenters. The van der Waals surface area contributed by atoms with Gasteiger partial charge in [0.25, 0.3) is 0 Å². The summed E-state index contributed by atoms with van der Waals surface area (Å²) in [5, 5.41) is 10.4. The third-order valence-electron chi connectivity index (χ3n) is 5.41. The number of hydrogen-bond donors (Lipinski definition) is 0. The van der Waals surface area contributed by atoms with Crippen LogP contribution in [0.5, 0.6) is 0 Å². The number of rotatable bonds is 6. The standard InChI is InChI=1S/C23H22N6O/c1-3-18-23-16(13-21(30)20-14-24-22-9-4-5-11-28(20)22)7-6-8-19(23)29(26-18)15-17-10-12-27(2)25-17/h4-12,14H,3,13,15H2,1-2H3. The van der Waals surface area contributed by atoms with Crippen molar-refractivity contribution >= 4 is 22.3 Å². The van der Waals surface area contributed by atoms with Gasteiger partial charge in [0.1, 0.15) is 11.3 Å². The van der Waals surface area contributed by atoms with E-state index in [1.807, 2.05) is 64.9 Å². The average Bonchev–Trinajstić information content (AvgIpc) is 3.46. The van der Waals surface area contributed by atoms with E-state index in [4.69, 9.17) is 5.10 Å². The Kier molecular flexibility index (Phi) is 4.43. The summed E-state index contributed by atoms with van der Waals surface area (Å²) in [7, 11) is 1.91. The van der Waals surface area contributed by atoms with E-state index >= 15 is 0 Å². The molecule has 4 aromatic heterocycles. The van der Waals surface area contributed by atoms with Gasteiger partial charge < -0.3 is 0 Å². The van der Waals surface area contributed by atoms with Crippen molar-refractivity contribution in [2.75, 3.05) is 0 Å². The summed E-state index contributed by atoms with van der Waals surface area (Å²) in [4.78, 5) is 17.5. The van der Waals surface area contributed by atoms with Crippen molar-refractivity contribution in [3.8, 4) is 0 Å². The number of benzene rings is 1. The van der Waals surface area contributed by atoms with Crippen molar-refractivity contribution in [2.24, 2.45) is 7.05 Å². The van der Waals surface area contributed by atoms with Gasteiger partial charge in [-0.15, -0.1) is 0 Å². The van der Waals surface area contributed by atoms with Crippen LogP contribution in [0.1, 0.15) is 34.4 Å². The molecule has 0 aliphatic carbocycles. The van der Waals surface area contributed by atoms with Gasteiger partial charge in [0.05, 0.1) is 29.6 Å². The number of Topliss-reactive ketones (excluding diaryl/α,β-unsaturated/α-hetero) is 1. The number of nitrogens with zero attached hydrogens (tertiary/aromatic N) is 6. The minimum Gasteiger partial charge on any atom is -0.297 e. The second kappa shape index (κ2) is 7.26. The van der Waals surface area contributed by atoms with Gasteiger partial charge >= 0.3 is 0 Å². The first-order valence-corrected chi connectivity index (χ1v) is 10.0. The number of pyridine rings is 1. The fraction of sp³-hybridized carbons (Fsp3) is 0.217. The smallest absolute Gasteiger partial charge is 0.185 e. The van der Waals surface area contributed by atoms with Crippen LogP contribution in [0.2, 0.25) is 0 Å². The predicted molar refractivity (Wildman–Crippen MR) is 115 cm³/mol. The summed E-state index contributed by atoms with van der Waals surface area (Å²) in [6.07, 6.45) is 6.57. The Morgan fingerprint density at radius 3 is 2.73 bits per heavy atom. The zero-order chi connectivity index (χ0) is 20.7. The monoisotopic (exact) mass is 398 g/mol. The zero-order valence-corrected chi connectivity index (χ0v) is 17.0. The number of fused-ring (bicyclic) bond motifs is 2. The van der Waals surface area contributed by atoms with Crippen molar-refractivity contribution in [3.05, 3.63) is 83.7 Å². The molecule has 7 nitrogen and oxygen atoms in total. The lowest BCUT2D eigenvalue weighted by Crippen LogP contribution is -2.07. The van der Waals surface area contributed by atoms with E-state index in [9.17, 15) is 4.79 Å². The molecule has 4 heterocycles. The fourth-order valence-electron chi connectivity index (χ4n) is 4.00. The van der Waals surface area contributed by atoms with Crippen LogP contribution in [0.25, 0.3) is 16.6 Å². The van der Waals surface area contributed by atoms with Crippen LogP contribution in [0.4, 0.5) is 0 Å². The average molecular weight is 398 g/mol. The number of ketones is 1. The van der Waals surface area contributed by atoms with Gasteiger partial charge in [-0.1, -0.05) is 25.1 Å². The van der Waals surface area contributed by atoms with E-state index in [2.05, 4.69) is 23.1 Å². The Bertz CT molecular complexity index is 1370. The first kappa shape index (κ1) is 18.3. The summed E-state index contributed by atoms with van der Waals surface area (Å²) in [5.41, 5.74) is 5.35. The molecule has 5 rings (SSSR count). The first-order valence-electron chi connectivity index (χ1n) is 10.0. The second-order valence-corrected chi connectivity index (χ2v) is 7.42. The van der Waals surface area contributed by atoms with E-state index in [1.165, 1.54) is 0 Å². The number of carbonyl (C=O) groups is 1. The quantitative estimate of drug-likeness (QED) is 0.411. The highest BCUT2D eigenvalue weighted by molar-refractivity contribution is 5.99. The van der Waals surface area contributed by atoms with Gasteiger partial charge in [-0.25, -0.2) is 4.98 Å². The van der Waals surface area contributed by atoms with Crippen LogP contribution in [0.3, 0.4) is 0 Å². The van der Waals surface area contributed by atoms with Crippen molar-refractivity contribution in [1.29, 1.82) is 0 Å². The predicted octanol–water partition coefficient (Wildman–Crippen LogP) is 3.45. The second-order valence-electron chi connectivity index (χ2n) is 7.42. The topological polar surface area (TPSA) is 70.0 Å². The number of aryl methyl sites for hydroxylation is 2. The van der Waals surface area contributed by atoms with Crippen LogP contribution in [0, 0.1) is 0 Å². The maximum absolute atomic E-state index is 13.1. The van der Waals surface area contributed by atoms with E-state index in [0.29, 0.717) is 18.7 Å². The maximum atomic E-state index is 13.1. The third-order valence-corrected chi connectivity index (χ3v) is 5.41. The number of carbonyl (C=O) groups excluding carboxylic acids is 1. The van der Waals surface area contributed by atoms with E-state index in [1.54, 1.807) is 10.9 Å². The lowest BCUT2D eigenvalue weighted by Gasteiger charge is -2.06. The summed E-state index contributed by atoms with van der Waals surface area (Å²) in [6, 6.07) is 13.8. The molecule has 0 atom stereocenters. The van der Waals surface area contributed by atoms with Gasteiger partial charge in [-0.3, -0.25) is 18.6 Å². The molecule has 0 N–H and O–H groups in total. The molecule has 0 spiro atoms. The van der Waals surface area contributed by atoms with Crippen molar-refractivity contribution < 1.29 is 4.79 Å². The Hall–Kier alpha value is -3.74.